The van der Waals surface area contributed by atoms with E-state index in [1.807, 2.05) is 6.07 Å². The van der Waals surface area contributed by atoms with Gasteiger partial charge < -0.3 is 21.5 Å². The lowest BCUT2D eigenvalue weighted by Gasteiger charge is -2.14. The Bertz CT molecular complexity index is 520. The van der Waals surface area contributed by atoms with Crippen LogP contribution in [0.15, 0.2) is 12.1 Å². The third-order valence-corrected chi connectivity index (χ3v) is 3.86. The van der Waals surface area contributed by atoms with Crippen molar-refractivity contribution in [1.82, 2.24) is 10.6 Å². The second-order valence-corrected chi connectivity index (χ2v) is 6.05. The van der Waals surface area contributed by atoms with E-state index >= 15 is 0 Å². The quantitative estimate of drug-likeness (QED) is 0.566. The molecule has 0 aliphatic rings. The fourth-order valence-corrected chi connectivity index (χ4v) is 2.63. The fraction of sp³-hybridized carbons (Fsp3) is 0.417. The topological polar surface area (TPSA) is 122 Å². The summed E-state index contributed by atoms with van der Waals surface area (Å²) < 4.78 is 0.673. The molecule has 1 rings (SSSR count). The van der Waals surface area contributed by atoms with E-state index in [4.69, 9.17) is 22.4 Å². The van der Waals surface area contributed by atoms with Crippen LogP contribution in [0, 0.1) is 0 Å². The number of rotatable bonds is 8. The molecule has 0 saturated heterocycles. The predicted molar refractivity (Wildman–Crippen MR) is 79.4 cm³/mol. The Morgan fingerprint density at radius 2 is 2.10 bits per heavy atom. The molecule has 1 aromatic rings. The molecule has 1 atom stereocenters. The van der Waals surface area contributed by atoms with Crippen LogP contribution in [0.4, 0.5) is 4.79 Å². The summed E-state index contributed by atoms with van der Waals surface area (Å²) in [5, 5.41) is 13.8. The highest BCUT2D eigenvalue weighted by molar-refractivity contribution is 7.16. The van der Waals surface area contributed by atoms with Crippen LogP contribution >= 0.6 is 22.9 Å². The molecule has 5 N–H and O–H groups in total. The fourth-order valence-electron chi connectivity index (χ4n) is 1.54. The lowest BCUT2D eigenvalue weighted by atomic mass is 10.1. The average Bonchev–Trinajstić information content (AvgIpc) is 2.79. The number of primary amides is 1. The highest BCUT2D eigenvalue weighted by Gasteiger charge is 2.20. The molecule has 1 heterocycles. The van der Waals surface area contributed by atoms with Gasteiger partial charge in [-0.05, 0) is 25.0 Å². The van der Waals surface area contributed by atoms with Gasteiger partial charge in [0.15, 0.2) is 0 Å². The summed E-state index contributed by atoms with van der Waals surface area (Å²) in [6, 6.07) is 1.88. The van der Waals surface area contributed by atoms with Crippen LogP contribution in [-0.2, 0) is 16.0 Å². The van der Waals surface area contributed by atoms with E-state index in [9.17, 15) is 14.4 Å². The maximum absolute atomic E-state index is 11.6. The molecule has 0 aliphatic heterocycles. The number of aliphatic carboxylic acids is 1. The lowest BCUT2D eigenvalue weighted by molar-refractivity contribution is -0.139. The van der Waals surface area contributed by atoms with Crippen molar-refractivity contribution in [3.63, 3.8) is 0 Å². The zero-order valence-corrected chi connectivity index (χ0v) is 12.7. The Morgan fingerprint density at radius 1 is 1.38 bits per heavy atom. The van der Waals surface area contributed by atoms with Gasteiger partial charge in [0.25, 0.3) is 0 Å². The van der Waals surface area contributed by atoms with Crippen LogP contribution < -0.4 is 16.4 Å². The number of urea groups is 1. The number of thiophene rings is 1. The Labute approximate surface area is 130 Å². The van der Waals surface area contributed by atoms with E-state index in [1.165, 1.54) is 11.3 Å². The van der Waals surface area contributed by atoms with E-state index in [0.717, 1.165) is 4.88 Å². The molecule has 0 bridgehead atoms. The molecule has 7 nitrogen and oxygen atoms in total. The highest BCUT2D eigenvalue weighted by Crippen LogP contribution is 2.21. The highest BCUT2D eigenvalue weighted by atomic mass is 35.5. The van der Waals surface area contributed by atoms with E-state index in [2.05, 4.69) is 10.6 Å². The van der Waals surface area contributed by atoms with Crippen molar-refractivity contribution in [1.29, 1.82) is 0 Å². The number of nitrogens with one attached hydrogen (secondary N) is 2. The normalized spacial score (nSPS) is 11.7. The van der Waals surface area contributed by atoms with Crippen molar-refractivity contribution in [2.45, 2.75) is 25.3 Å². The monoisotopic (exact) mass is 333 g/mol. The Balaban J connectivity index is 2.32. The van der Waals surface area contributed by atoms with E-state index in [0.29, 0.717) is 17.3 Å². The molecule has 116 valence electrons. The summed E-state index contributed by atoms with van der Waals surface area (Å²) in [7, 11) is 0. The predicted octanol–water partition coefficient (Wildman–Crippen LogP) is 0.962. The molecule has 0 saturated carbocycles. The van der Waals surface area contributed by atoms with Crippen molar-refractivity contribution >= 4 is 40.8 Å². The number of carboxylic acid groups (broad SMARTS) is 1. The van der Waals surface area contributed by atoms with Gasteiger partial charge in [-0.25, -0.2) is 9.59 Å². The zero-order valence-electron chi connectivity index (χ0n) is 11.1. The third kappa shape index (κ3) is 6.96. The first-order valence-electron chi connectivity index (χ1n) is 6.18. The molecule has 0 spiro atoms. The van der Waals surface area contributed by atoms with Crippen LogP contribution in [0.25, 0.3) is 0 Å². The zero-order chi connectivity index (χ0) is 15.8. The maximum atomic E-state index is 11.6. The molecule has 21 heavy (non-hydrogen) atoms. The number of carbonyl (C=O) groups excluding carboxylic acids is 2. The molecule has 9 heteroatoms. The number of hydrogen-bond donors (Lipinski definition) is 4. The summed E-state index contributed by atoms with van der Waals surface area (Å²) in [6.07, 6.45) is 0.452. The Hall–Kier alpha value is -1.80. The molecule has 0 fully saturated rings. The van der Waals surface area contributed by atoms with Gasteiger partial charge in [-0.2, -0.15) is 0 Å². The smallest absolute Gasteiger partial charge is 0.326 e. The minimum absolute atomic E-state index is 0.0430. The summed E-state index contributed by atoms with van der Waals surface area (Å²) in [6.45, 7) is 0.352. The van der Waals surface area contributed by atoms with Gasteiger partial charge in [0.2, 0.25) is 5.91 Å². The van der Waals surface area contributed by atoms with Crippen molar-refractivity contribution in [2.24, 2.45) is 5.73 Å². The van der Waals surface area contributed by atoms with Crippen LogP contribution in [0.5, 0.6) is 0 Å². The molecule has 0 unspecified atom stereocenters. The van der Waals surface area contributed by atoms with Gasteiger partial charge >= 0.3 is 12.0 Å². The van der Waals surface area contributed by atoms with E-state index in [1.54, 1.807) is 6.07 Å². The maximum Gasteiger partial charge on any atom is 0.326 e. The number of amides is 3. The molecule has 1 aromatic heterocycles. The summed E-state index contributed by atoms with van der Waals surface area (Å²) in [4.78, 5) is 34.2. The summed E-state index contributed by atoms with van der Waals surface area (Å²) >= 11 is 7.20. The Kier molecular flexibility index (Phi) is 6.97. The Morgan fingerprint density at radius 3 is 2.62 bits per heavy atom. The molecule has 3 amide bonds. The standard InChI is InChI=1S/C12H16ClN3O4S/c13-9-3-1-7(21-9)5-6-15-12(20)16-8(11(18)19)2-4-10(14)17/h1,3,8H,2,4-6H2,(H2,14,17)(H,18,19)(H2,15,16,20)/t8-/m1/s1. The second kappa shape index (κ2) is 8.48. The molecular formula is C12H16ClN3O4S. The summed E-state index contributed by atoms with van der Waals surface area (Å²) in [5.41, 5.74) is 4.95. The largest absolute Gasteiger partial charge is 0.480 e. The minimum atomic E-state index is -1.21. The second-order valence-electron chi connectivity index (χ2n) is 4.25. The van der Waals surface area contributed by atoms with Gasteiger partial charge in [0, 0.05) is 17.8 Å². The SMILES string of the molecule is NC(=O)CC[C@@H](NC(=O)NCCc1ccc(Cl)s1)C(=O)O. The minimum Gasteiger partial charge on any atom is -0.480 e. The van der Waals surface area contributed by atoms with Crippen molar-refractivity contribution in [3.05, 3.63) is 21.3 Å². The van der Waals surface area contributed by atoms with Crippen molar-refractivity contribution in [3.8, 4) is 0 Å². The molecule has 0 radical (unpaired) electrons. The third-order valence-electron chi connectivity index (χ3n) is 2.57. The molecular weight excluding hydrogens is 318 g/mol. The van der Waals surface area contributed by atoms with Gasteiger partial charge in [0.05, 0.1) is 4.34 Å². The first kappa shape index (κ1) is 17.3. The van der Waals surface area contributed by atoms with E-state index < -0.39 is 23.9 Å². The first-order valence-corrected chi connectivity index (χ1v) is 7.37. The van der Waals surface area contributed by atoms with Gasteiger partial charge in [-0.1, -0.05) is 11.6 Å². The number of hydrogen-bond acceptors (Lipinski definition) is 4. The number of nitrogens with two attached hydrogens (primary N) is 1. The van der Waals surface area contributed by atoms with Crippen LogP contribution in [0.3, 0.4) is 0 Å². The van der Waals surface area contributed by atoms with E-state index in [-0.39, 0.29) is 12.8 Å². The number of carbonyl (C=O) groups is 3. The van der Waals surface area contributed by atoms with Crippen LogP contribution in [0.1, 0.15) is 17.7 Å². The number of carboxylic acids is 1. The van der Waals surface area contributed by atoms with Crippen LogP contribution in [0.2, 0.25) is 4.34 Å². The van der Waals surface area contributed by atoms with Crippen molar-refractivity contribution < 1.29 is 19.5 Å². The lowest BCUT2D eigenvalue weighted by Crippen LogP contribution is -2.46. The van der Waals surface area contributed by atoms with Crippen molar-refractivity contribution in [2.75, 3.05) is 6.54 Å². The first-order chi connectivity index (χ1) is 9.88. The van der Waals surface area contributed by atoms with Gasteiger partial charge in [0.1, 0.15) is 6.04 Å². The molecule has 0 aromatic carbocycles. The molecule has 0 aliphatic carbocycles. The van der Waals surface area contributed by atoms with Gasteiger partial charge in [-0.15, -0.1) is 11.3 Å². The summed E-state index contributed by atoms with van der Waals surface area (Å²) in [5.74, 6) is -1.82. The van der Waals surface area contributed by atoms with Crippen LogP contribution in [-0.4, -0.2) is 35.6 Å². The average molecular weight is 334 g/mol. The number of halogens is 1. The van der Waals surface area contributed by atoms with Gasteiger partial charge in [-0.3, -0.25) is 4.79 Å².